The van der Waals surface area contributed by atoms with E-state index >= 15 is 0 Å². The van der Waals surface area contributed by atoms with E-state index in [-0.39, 0.29) is 5.54 Å². The summed E-state index contributed by atoms with van der Waals surface area (Å²) in [5, 5.41) is 8.33. The average molecular weight is 176 g/mol. The normalized spacial score (nSPS) is 12.3. The van der Waals surface area contributed by atoms with Gasteiger partial charge in [0.15, 0.2) is 0 Å². The Bertz CT molecular complexity index is 291. The molecular weight excluding hydrogens is 160 g/mol. The maximum absolute atomic E-state index is 4.18. The third kappa shape index (κ3) is 3.83. The molecule has 0 atom stereocenters. The minimum Gasteiger partial charge on any atom is -0.183 e. The molecule has 0 amide bonds. The fraction of sp³-hybridized carbons (Fsp3) is 0.455. The van der Waals surface area contributed by atoms with E-state index < -0.39 is 0 Å². The van der Waals surface area contributed by atoms with E-state index in [1.165, 1.54) is 5.56 Å². The molecule has 0 unspecified atom stereocenters. The van der Waals surface area contributed by atoms with Crippen LogP contribution in [0.5, 0.6) is 0 Å². The number of hydrogen-bond donors (Lipinski definition) is 0. The van der Waals surface area contributed by atoms with Crippen molar-refractivity contribution in [3.63, 3.8) is 0 Å². The number of azo groups is 1. The van der Waals surface area contributed by atoms with Gasteiger partial charge in [-0.2, -0.15) is 10.2 Å². The Hall–Kier alpha value is -1.18. The number of nitrogens with zero attached hydrogens (tertiary/aromatic N) is 2. The van der Waals surface area contributed by atoms with Crippen LogP contribution in [0.25, 0.3) is 0 Å². The molecule has 0 aliphatic carbocycles. The minimum absolute atomic E-state index is 0.0924. The molecule has 0 fully saturated rings. The molecule has 0 saturated carbocycles. The molecule has 2 heteroatoms. The summed E-state index contributed by atoms with van der Waals surface area (Å²) in [4.78, 5) is 0. The van der Waals surface area contributed by atoms with Gasteiger partial charge in [-0.1, -0.05) is 17.7 Å². The van der Waals surface area contributed by atoms with Gasteiger partial charge in [0.25, 0.3) is 0 Å². The standard InChI is InChI=1S/C11H16N2/c1-9-5-7-10(8-6-9)12-13-11(2,3)4/h5-8H,1-4H3/b13-12+. The van der Waals surface area contributed by atoms with Gasteiger partial charge >= 0.3 is 0 Å². The van der Waals surface area contributed by atoms with Gasteiger partial charge in [0.2, 0.25) is 0 Å². The molecule has 1 rings (SSSR count). The smallest absolute Gasteiger partial charge is 0.0852 e. The van der Waals surface area contributed by atoms with Gasteiger partial charge in [-0.15, -0.1) is 0 Å². The summed E-state index contributed by atoms with van der Waals surface area (Å²) in [6.07, 6.45) is 0. The second-order valence-corrected chi connectivity index (χ2v) is 4.21. The zero-order valence-corrected chi connectivity index (χ0v) is 8.70. The van der Waals surface area contributed by atoms with E-state index in [4.69, 9.17) is 0 Å². The van der Waals surface area contributed by atoms with Gasteiger partial charge in [0.1, 0.15) is 0 Å². The topological polar surface area (TPSA) is 24.7 Å². The largest absolute Gasteiger partial charge is 0.183 e. The maximum atomic E-state index is 4.18. The lowest BCUT2D eigenvalue weighted by Gasteiger charge is -2.08. The van der Waals surface area contributed by atoms with E-state index in [1.807, 2.05) is 45.0 Å². The summed E-state index contributed by atoms with van der Waals surface area (Å²) in [7, 11) is 0. The van der Waals surface area contributed by atoms with Crippen molar-refractivity contribution < 1.29 is 0 Å². The van der Waals surface area contributed by atoms with E-state index in [2.05, 4.69) is 17.2 Å². The van der Waals surface area contributed by atoms with Crippen molar-refractivity contribution in [3.8, 4) is 0 Å². The second-order valence-electron chi connectivity index (χ2n) is 4.21. The fourth-order valence-corrected chi connectivity index (χ4v) is 0.819. The molecule has 2 nitrogen and oxygen atoms in total. The predicted octanol–water partition coefficient (Wildman–Crippen LogP) is 3.88. The molecule has 0 spiro atoms. The first-order valence-electron chi connectivity index (χ1n) is 4.47. The molecule has 0 N–H and O–H groups in total. The summed E-state index contributed by atoms with van der Waals surface area (Å²) in [5.41, 5.74) is 2.07. The zero-order valence-electron chi connectivity index (χ0n) is 8.70. The van der Waals surface area contributed by atoms with Gasteiger partial charge in [0.05, 0.1) is 11.2 Å². The minimum atomic E-state index is -0.0924. The molecule has 0 bridgehead atoms. The first-order chi connectivity index (χ1) is 5.97. The van der Waals surface area contributed by atoms with Crippen LogP contribution in [0.3, 0.4) is 0 Å². The third-order valence-electron chi connectivity index (χ3n) is 1.50. The summed E-state index contributed by atoms with van der Waals surface area (Å²) >= 11 is 0. The lowest BCUT2D eigenvalue weighted by molar-refractivity contribution is 0.552. The lowest BCUT2D eigenvalue weighted by atomic mass is 10.1. The van der Waals surface area contributed by atoms with Crippen LogP contribution in [0.1, 0.15) is 26.3 Å². The van der Waals surface area contributed by atoms with Gasteiger partial charge in [-0.3, -0.25) is 0 Å². The molecule has 0 saturated heterocycles. The quantitative estimate of drug-likeness (QED) is 0.580. The summed E-state index contributed by atoms with van der Waals surface area (Å²) < 4.78 is 0. The molecule has 70 valence electrons. The number of benzene rings is 1. The van der Waals surface area contributed by atoms with E-state index in [0.717, 1.165) is 5.69 Å². The van der Waals surface area contributed by atoms with Gasteiger partial charge in [-0.25, -0.2) is 0 Å². The maximum Gasteiger partial charge on any atom is 0.0852 e. The predicted molar refractivity (Wildman–Crippen MR) is 55.4 cm³/mol. The fourth-order valence-electron chi connectivity index (χ4n) is 0.819. The molecule has 0 heterocycles. The Labute approximate surface area is 79.7 Å². The Morgan fingerprint density at radius 1 is 1.00 bits per heavy atom. The van der Waals surface area contributed by atoms with Crippen LogP contribution < -0.4 is 0 Å². The molecule has 1 aromatic carbocycles. The van der Waals surface area contributed by atoms with Gasteiger partial charge in [-0.05, 0) is 39.8 Å². The average Bonchev–Trinajstić information content (AvgIpc) is 2.02. The summed E-state index contributed by atoms with van der Waals surface area (Å²) in [6, 6.07) is 8.03. The van der Waals surface area contributed by atoms with Gasteiger partial charge in [0, 0.05) is 0 Å². The Morgan fingerprint density at radius 2 is 1.54 bits per heavy atom. The van der Waals surface area contributed by atoms with Crippen molar-refractivity contribution in [2.24, 2.45) is 10.2 Å². The first kappa shape index (κ1) is 9.90. The van der Waals surface area contributed by atoms with Crippen LogP contribution >= 0.6 is 0 Å². The van der Waals surface area contributed by atoms with E-state index in [0.29, 0.717) is 0 Å². The van der Waals surface area contributed by atoms with Crippen LogP contribution in [-0.4, -0.2) is 5.54 Å². The number of hydrogen-bond acceptors (Lipinski definition) is 2. The van der Waals surface area contributed by atoms with Crippen LogP contribution in [0.15, 0.2) is 34.5 Å². The van der Waals surface area contributed by atoms with Crippen molar-refractivity contribution in [1.29, 1.82) is 0 Å². The molecule has 1 aromatic rings. The highest BCUT2D eigenvalue weighted by Gasteiger charge is 2.05. The third-order valence-corrected chi connectivity index (χ3v) is 1.50. The molecular formula is C11H16N2. The summed E-state index contributed by atoms with van der Waals surface area (Å²) in [6.45, 7) is 8.16. The van der Waals surface area contributed by atoms with Crippen molar-refractivity contribution in [2.75, 3.05) is 0 Å². The molecule has 0 aromatic heterocycles. The van der Waals surface area contributed by atoms with Crippen molar-refractivity contribution in [3.05, 3.63) is 29.8 Å². The van der Waals surface area contributed by atoms with Crippen molar-refractivity contribution >= 4 is 5.69 Å². The van der Waals surface area contributed by atoms with Gasteiger partial charge < -0.3 is 0 Å². The Balaban J connectivity index is 2.75. The lowest BCUT2D eigenvalue weighted by Crippen LogP contribution is -2.07. The van der Waals surface area contributed by atoms with E-state index in [1.54, 1.807) is 0 Å². The van der Waals surface area contributed by atoms with Crippen LogP contribution in [-0.2, 0) is 0 Å². The highest BCUT2D eigenvalue weighted by Crippen LogP contribution is 2.16. The highest BCUT2D eigenvalue weighted by molar-refractivity contribution is 5.37. The zero-order chi connectivity index (χ0) is 9.90. The molecule has 0 radical (unpaired) electrons. The van der Waals surface area contributed by atoms with Crippen molar-refractivity contribution in [1.82, 2.24) is 0 Å². The van der Waals surface area contributed by atoms with Crippen LogP contribution in [0.4, 0.5) is 5.69 Å². The first-order valence-corrected chi connectivity index (χ1v) is 4.47. The molecule has 0 aliphatic heterocycles. The van der Waals surface area contributed by atoms with Crippen LogP contribution in [0.2, 0.25) is 0 Å². The number of rotatable bonds is 1. The molecule has 13 heavy (non-hydrogen) atoms. The monoisotopic (exact) mass is 176 g/mol. The highest BCUT2D eigenvalue weighted by atomic mass is 15.1. The second kappa shape index (κ2) is 3.69. The SMILES string of the molecule is Cc1ccc(/N=N/C(C)(C)C)cc1. The van der Waals surface area contributed by atoms with Crippen molar-refractivity contribution in [2.45, 2.75) is 33.2 Å². The Kier molecular flexibility index (Phi) is 2.81. The summed E-state index contributed by atoms with van der Waals surface area (Å²) in [5.74, 6) is 0. The van der Waals surface area contributed by atoms with E-state index in [9.17, 15) is 0 Å². The number of aryl methyl sites for hydroxylation is 1. The molecule has 0 aliphatic rings. The Morgan fingerprint density at radius 3 is 2.00 bits per heavy atom. The van der Waals surface area contributed by atoms with Crippen LogP contribution in [0, 0.1) is 6.92 Å².